The summed E-state index contributed by atoms with van der Waals surface area (Å²) in [5.74, 6) is 3.34. The van der Waals surface area contributed by atoms with Crippen LogP contribution < -0.4 is 0 Å². The molecule has 108 valence electrons. The van der Waals surface area contributed by atoms with E-state index in [1.54, 1.807) is 0 Å². The van der Waals surface area contributed by atoms with Crippen molar-refractivity contribution in [3.8, 4) is 0 Å². The van der Waals surface area contributed by atoms with Gasteiger partial charge in [-0.05, 0) is 62.9 Å². The second-order valence-corrected chi connectivity index (χ2v) is 6.88. The molecule has 1 nitrogen and oxygen atoms in total. The predicted molar refractivity (Wildman–Crippen MR) is 82.1 cm³/mol. The highest BCUT2D eigenvalue weighted by atomic mass is 16.3. The third-order valence-electron chi connectivity index (χ3n) is 5.17. The first-order valence-electron chi connectivity index (χ1n) is 8.14. The topological polar surface area (TPSA) is 20.2 Å². The minimum absolute atomic E-state index is 0.470. The molecular formula is C18H30O. The van der Waals surface area contributed by atoms with E-state index in [4.69, 9.17) is 0 Å². The van der Waals surface area contributed by atoms with Gasteiger partial charge in [0.15, 0.2) is 0 Å². The van der Waals surface area contributed by atoms with Crippen molar-refractivity contribution in [1.29, 1.82) is 0 Å². The number of aliphatic hydroxyl groups is 1. The van der Waals surface area contributed by atoms with Crippen LogP contribution >= 0.6 is 0 Å². The Bertz CT molecular complexity index is 336. The predicted octanol–water partition coefficient (Wildman–Crippen LogP) is 5.64. The standard InChI is InChI=1S/C18H30O/c1-13(2)16(15-8-5-4-6-9-15)10-7-11-18(19)17-12-14(17)3/h11,14-17,19H,1,4-10,12H2,2-3H3/b18-11+. The van der Waals surface area contributed by atoms with Gasteiger partial charge >= 0.3 is 0 Å². The van der Waals surface area contributed by atoms with E-state index < -0.39 is 0 Å². The molecule has 2 aliphatic rings. The molecule has 3 unspecified atom stereocenters. The molecule has 3 atom stereocenters. The summed E-state index contributed by atoms with van der Waals surface area (Å²) in [6.07, 6.45) is 12.4. The molecule has 0 aromatic rings. The second-order valence-electron chi connectivity index (χ2n) is 6.88. The van der Waals surface area contributed by atoms with Gasteiger partial charge in [0.2, 0.25) is 0 Å². The Morgan fingerprint density at radius 2 is 1.95 bits per heavy atom. The van der Waals surface area contributed by atoms with Gasteiger partial charge in [-0.15, -0.1) is 0 Å². The van der Waals surface area contributed by atoms with Gasteiger partial charge in [0.1, 0.15) is 0 Å². The van der Waals surface area contributed by atoms with Gasteiger partial charge in [-0.25, -0.2) is 0 Å². The van der Waals surface area contributed by atoms with Gasteiger partial charge in [-0.2, -0.15) is 0 Å². The lowest BCUT2D eigenvalue weighted by molar-refractivity contribution is 0.265. The minimum atomic E-state index is 0.470. The maximum Gasteiger partial charge on any atom is 0.0916 e. The number of hydrogen-bond acceptors (Lipinski definition) is 1. The molecule has 0 amide bonds. The van der Waals surface area contributed by atoms with E-state index in [1.165, 1.54) is 50.5 Å². The molecule has 2 aliphatic carbocycles. The summed E-state index contributed by atoms with van der Waals surface area (Å²) in [4.78, 5) is 0. The molecule has 0 aliphatic heterocycles. The number of allylic oxidation sites excluding steroid dienone is 3. The monoisotopic (exact) mass is 262 g/mol. The Kier molecular flexibility index (Phi) is 5.13. The summed E-state index contributed by atoms with van der Waals surface area (Å²) in [7, 11) is 0. The average molecular weight is 262 g/mol. The third-order valence-corrected chi connectivity index (χ3v) is 5.17. The fourth-order valence-corrected chi connectivity index (χ4v) is 3.72. The van der Waals surface area contributed by atoms with Gasteiger partial charge in [-0.1, -0.05) is 38.3 Å². The summed E-state index contributed by atoms with van der Waals surface area (Å²) in [6.45, 7) is 8.61. The molecular weight excluding hydrogens is 232 g/mol. The van der Waals surface area contributed by atoms with Crippen LogP contribution in [0, 0.1) is 23.7 Å². The van der Waals surface area contributed by atoms with E-state index in [0.29, 0.717) is 23.5 Å². The molecule has 19 heavy (non-hydrogen) atoms. The summed E-state index contributed by atoms with van der Waals surface area (Å²) in [5.41, 5.74) is 1.35. The molecule has 0 aromatic carbocycles. The van der Waals surface area contributed by atoms with Crippen LogP contribution in [0.2, 0.25) is 0 Å². The van der Waals surface area contributed by atoms with Crippen molar-refractivity contribution in [2.45, 2.75) is 65.2 Å². The SMILES string of the molecule is C=C(C)C(CC/C=C(/O)C1CC1C)C1CCCCC1. The third kappa shape index (κ3) is 4.12. The van der Waals surface area contributed by atoms with Crippen molar-refractivity contribution >= 4 is 0 Å². The Hall–Kier alpha value is -0.720. The van der Waals surface area contributed by atoms with Gasteiger partial charge in [0.25, 0.3) is 0 Å². The van der Waals surface area contributed by atoms with Crippen molar-refractivity contribution in [2.24, 2.45) is 23.7 Å². The van der Waals surface area contributed by atoms with Crippen LogP contribution in [0.25, 0.3) is 0 Å². The average Bonchev–Trinajstić information content (AvgIpc) is 3.12. The van der Waals surface area contributed by atoms with Gasteiger partial charge in [-0.3, -0.25) is 0 Å². The molecule has 2 saturated carbocycles. The zero-order chi connectivity index (χ0) is 13.8. The molecule has 1 N–H and O–H groups in total. The maximum absolute atomic E-state index is 9.96. The first kappa shape index (κ1) is 14.7. The number of hydrogen-bond donors (Lipinski definition) is 1. The summed E-state index contributed by atoms with van der Waals surface area (Å²) < 4.78 is 0. The largest absolute Gasteiger partial charge is 0.512 e. The van der Waals surface area contributed by atoms with Crippen LogP contribution in [0.15, 0.2) is 24.0 Å². The molecule has 1 heteroatoms. The molecule has 0 radical (unpaired) electrons. The Labute approximate surface area is 118 Å². The van der Waals surface area contributed by atoms with Crippen molar-refractivity contribution < 1.29 is 5.11 Å². The van der Waals surface area contributed by atoms with E-state index in [1.807, 2.05) is 0 Å². The highest BCUT2D eigenvalue weighted by Crippen LogP contribution is 2.43. The molecule has 0 heterocycles. The lowest BCUT2D eigenvalue weighted by Crippen LogP contribution is -2.18. The van der Waals surface area contributed by atoms with Gasteiger partial charge < -0.3 is 5.11 Å². The van der Waals surface area contributed by atoms with Crippen molar-refractivity contribution in [3.63, 3.8) is 0 Å². The quantitative estimate of drug-likeness (QED) is 0.485. The van der Waals surface area contributed by atoms with E-state index in [2.05, 4.69) is 26.5 Å². The van der Waals surface area contributed by atoms with E-state index in [9.17, 15) is 5.11 Å². The fraction of sp³-hybridized carbons (Fsp3) is 0.778. The van der Waals surface area contributed by atoms with Crippen LogP contribution in [0.4, 0.5) is 0 Å². The smallest absolute Gasteiger partial charge is 0.0916 e. The highest BCUT2D eigenvalue weighted by Gasteiger charge is 2.35. The van der Waals surface area contributed by atoms with E-state index in [0.717, 1.165) is 12.3 Å². The van der Waals surface area contributed by atoms with Gasteiger partial charge in [0, 0.05) is 5.92 Å². The summed E-state index contributed by atoms with van der Waals surface area (Å²) in [6, 6.07) is 0. The van der Waals surface area contributed by atoms with Crippen molar-refractivity contribution in [3.05, 3.63) is 24.0 Å². The minimum Gasteiger partial charge on any atom is -0.512 e. The molecule has 0 aromatic heterocycles. The first-order chi connectivity index (χ1) is 9.09. The number of rotatable bonds is 6. The molecule has 2 rings (SSSR count). The summed E-state index contributed by atoms with van der Waals surface area (Å²) in [5, 5.41) is 9.96. The van der Waals surface area contributed by atoms with Crippen molar-refractivity contribution in [1.82, 2.24) is 0 Å². The highest BCUT2D eigenvalue weighted by molar-refractivity contribution is 5.08. The van der Waals surface area contributed by atoms with Crippen LogP contribution in [-0.4, -0.2) is 5.11 Å². The molecule has 2 fully saturated rings. The number of aliphatic hydroxyl groups excluding tert-OH is 1. The Balaban J connectivity index is 1.81. The van der Waals surface area contributed by atoms with Crippen LogP contribution in [0.1, 0.15) is 65.2 Å². The summed E-state index contributed by atoms with van der Waals surface area (Å²) >= 11 is 0. The van der Waals surface area contributed by atoms with E-state index in [-0.39, 0.29) is 0 Å². The van der Waals surface area contributed by atoms with Gasteiger partial charge in [0.05, 0.1) is 5.76 Å². The van der Waals surface area contributed by atoms with Crippen LogP contribution in [0.5, 0.6) is 0 Å². The van der Waals surface area contributed by atoms with E-state index >= 15 is 0 Å². The lowest BCUT2D eigenvalue weighted by atomic mass is 9.75. The second kappa shape index (κ2) is 6.63. The fourth-order valence-electron chi connectivity index (χ4n) is 3.72. The zero-order valence-electron chi connectivity index (χ0n) is 12.7. The Morgan fingerprint density at radius 1 is 1.32 bits per heavy atom. The lowest BCUT2D eigenvalue weighted by Gasteiger charge is -2.30. The van der Waals surface area contributed by atoms with Crippen LogP contribution in [0.3, 0.4) is 0 Å². The van der Waals surface area contributed by atoms with Crippen LogP contribution in [-0.2, 0) is 0 Å². The molecule has 0 bridgehead atoms. The Morgan fingerprint density at radius 3 is 2.47 bits per heavy atom. The normalized spacial score (nSPS) is 30.1. The maximum atomic E-state index is 9.96. The molecule has 0 saturated heterocycles. The zero-order valence-corrected chi connectivity index (χ0v) is 12.7. The molecule has 0 spiro atoms. The van der Waals surface area contributed by atoms with Crippen molar-refractivity contribution in [2.75, 3.05) is 0 Å². The first-order valence-corrected chi connectivity index (χ1v) is 8.14.